The van der Waals surface area contributed by atoms with Gasteiger partial charge in [-0.05, 0) is 65.6 Å². The Bertz CT molecular complexity index is 1760. The number of pyridine rings is 2. The predicted molar refractivity (Wildman–Crippen MR) is 147 cm³/mol. The summed E-state index contributed by atoms with van der Waals surface area (Å²) in [5.74, 6) is -0.307. The van der Waals surface area contributed by atoms with Crippen LogP contribution in [0.1, 0.15) is 16.7 Å². The maximum absolute atomic E-state index is 14.4. The molecule has 0 saturated carbocycles. The molecule has 5 aromatic rings. The van der Waals surface area contributed by atoms with Gasteiger partial charge in [0, 0.05) is 23.6 Å². The highest BCUT2D eigenvalue weighted by atomic mass is 32.2. The minimum absolute atomic E-state index is 0.0604. The number of nitrogen functional groups attached to an aromatic ring is 1. The predicted octanol–water partition coefficient (Wildman–Crippen LogP) is 5.73. The topological polar surface area (TPSA) is 107 Å². The normalized spacial score (nSPS) is 11.4. The number of rotatable bonds is 7. The van der Waals surface area contributed by atoms with Crippen LogP contribution in [0.2, 0.25) is 0 Å². The van der Waals surface area contributed by atoms with E-state index < -0.39 is 20.7 Å². The zero-order valence-corrected chi connectivity index (χ0v) is 21.6. The van der Waals surface area contributed by atoms with Gasteiger partial charge >= 0.3 is 0 Å². The molecule has 0 fully saturated rings. The third-order valence-corrected chi connectivity index (χ3v) is 7.56. The zero-order chi connectivity index (χ0) is 26.9. The monoisotopic (exact) mass is 528 g/mol. The maximum Gasteiger partial charge on any atom is 0.264 e. The molecule has 3 N–H and O–H groups in total. The average molecular weight is 529 g/mol. The summed E-state index contributed by atoms with van der Waals surface area (Å²) in [5.41, 5.74) is 11.1. The van der Waals surface area contributed by atoms with Gasteiger partial charge < -0.3 is 10.5 Å². The van der Waals surface area contributed by atoms with Crippen molar-refractivity contribution in [2.24, 2.45) is 0 Å². The average Bonchev–Trinajstić information content (AvgIpc) is 2.89. The summed E-state index contributed by atoms with van der Waals surface area (Å²) in [6.45, 7) is 1.68. The number of anilines is 2. The van der Waals surface area contributed by atoms with Gasteiger partial charge in [0.05, 0.1) is 12.6 Å². The molecule has 9 heteroatoms. The van der Waals surface area contributed by atoms with Crippen LogP contribution >= 0.6 is 0 Å². The largest absolute Gasteiger partial charge is 0.480 e. The van der Waals surface area contributed by atoms with Gasteiger partial charge in [-0.2, -0.15) is 0 Å². The van der Waals surface area contributed by atoms with Crippen LogP contribution in [0, 0.1) is 12.7 Å². The molecule has 0 spiro atoms. The van der Waals surface area contributed by atoms with E-state index in [-0.39, 0.29) is 11.6 Å². The van der Waals surface area contributed by atoms with E-state index in [9.17, 15) is 12.8 Å². The summed E-state index contributed by atoms with van der Waals surface area (Å²) in [6, 6.07) is 23.2. The number of aromatic nitrogens is 2. The van der Waals surface area contributed by atoms with E-state index in [2.05, 4.69) is 14.7 Å². The summed E-state index contributed by atoms with van der Waals surface area (Å²) in [7, 11) is -2.85. The number of nitrogens with zero attached hydrogens (tertiary/aromatic N) is 2. The highest BCUT2D eigenvalue weighted by Crippen LogP contribution is 2.32. The van der Waals surface area contributed by atoms with E-state index in [4.69, 9.17) is 10.5 Å². The fraction of sp³-hybridized carbons (Fsp3) is 0.103. The summed E-state index contributed by atoms with van der Waals surface area (Å²) >= 11 is 0. The van der Waals surface area contributed by atoms with Crippen LogP contribution in [0.15, 0.2) is 90.0 Å². The second kappa shape index (κ2) is 10.1. The van der Waals surface area contributed by atoms with Gasteiger partial charge in [-0.15, -0.1) is 0 Å². The molecule has 0 aliphatic heterocycles. The van der Waals surface area contributed by atoms with E-state index in [1.807, 2.05) is 54.6 Å². The standard InChI is InChI=1S/C29H25FN4O3S/c1-18-8-11-27(24(30)12-18)38(35,36)34-26-16-23(17-32-29(26)37-2)20-9-10-25-21(14-20)15-22(28(31)33-25)13-19-6-4-3-5-7-19/h3-12,14-17,34H,13H2,1-2H3,(H2,31,33). The number of benzene rings is 3. The third-order valence-electron chi connectivity index (χ3n) is 6.16. The number of sulfonamides is 1. The van der Waals surface area contributed by atoms with Crippen LogP contribution in [0.25, 0.3) is 22.0 Å². The lowest BCUT2D eigenvalue weighted by Gasteiger charge is -2.14. The molecule has 0 amide bonds. The van der Waals surface area contributed by atoms with Gasteiger partial charge in [0.15, 0.2) is 0 Å². The lowest BCUT2D eigenvalue weighted by molar-refractivity contribution is 0.400. The summed E-state index contributed by atoms with van der Waals surface area (Å²) in [4.78, 5) is 8.38. The van der Waals surface area contributed by atoms with Crippen molar-refractivity contribution in [3.8, 4) is 17.0 Å². The van der Waals surface area contributed by atoms with Gasteiger partial charge in [-0.1, -0.05) is 42.5 Å². The molecule has 0 radical (unpaired) electrons. The Labute approximate surface area is 220 Å². The Morgan fingerprint density at radius 3 is 2.50 bits per heavy atom. The number of ether oxygens (including phenoxy) is 1. The van der Waals surface area contributed by atoms with Crippen molar-refractivity contribution in [3.63, 3.8) is 0 Å². The molecule has 2 aromatic heterocycles. The first-order valence-electron chi connectivity index (χ1n) is 11.8. The number of fused-ring (bicyclic) bond motifs is 1. The molecule has 0 bridgehead atoms. The fourth-order valence-electron chi connectivity index (χ4n) is 4.24. The molecular formula is C29H25FN4O3S. The number of methoxy groups -OCH3 is 1. The lowest BCUT2D eigenvalue weighted by atomic mass is 10.0. The van der Waals surface area contributed by atoms with E-state index in [1.165, 1.54) is 25.3 Å². The Morgan fingerprint density at radius 2 is 1.76 bits per heavy atom. The molecule has 7 nitrogen and oxygen atoms in total. The summed E-state index contributed by atoms with van der Waals surface area (Å²) in [5, 5.41) is 0.877. The molecule has 38 heavy (non-hydrogen) atoms. The summed E-state index contributed by atoms with van der Waals surface area (Å²) < 4.78 is 48.1. The Balaban J connectivity index is 1.51. The zero-order valence-electron chi connectivity index (χ0n) is 20.8. The lowest BCUT2D eigenvalue weighted by Crippen LogP contribution is -2.15. The van der Waals surface area contributed by atoms with Crippen LogP contribution in [0.5, 0.6) is 5.88 Å². The number of aryl methyl sites for hydroxylation is 1. The molecule has 0 aliphatic carbocycles. The molecule has 2 heterocycles. The SMILES string of the molecule is COc1ncc(-c2ccc3nc(N)c(Cc4ccccc4)cc3c2)cc1NS(=O)(=O)c1ccc(C)cc1F. The quantitative estimate of drug-likeness (QED) is 0.280. The van der Waals surface area contributed by atoms with E-state index in [0.29, 0.717) is 23.4 Å². The van der Waals surface area contributed by atoms with Crippen LogP contribution in [-0.2, 0) is 16.4 Å². The van der Waals surface area contributed by atoms with Gasteiger partial charge in [0.25, 0.3) is 10.0 Å². The first-order chi connectivity index (χ1) is 18.2. The highest BCUT2D eigenvalue weighted by molar-refractivity contribution is 7.92. The molecule has 0 unspecified atom stereocenters. The van der Waals surface area contributed by atoms with Crippen LogP contribution < -0.4 is 15.2 Å². The van der Waals surface area contributed by atoms with Gasteiger partial charge in [-0.25, -0.2) is 22.8 Å². The fourth-order valence-corrected chi connectivity index (χ4v) is 5.35. The van der Waals surface area contributed by atoms with Gasteiger partial charge in [0.1, 0.15) is 22.2 Å². The summed E-state index contributed by atoms with van der Waals surface area (Å²) in [6.07, 6.45) is 2.23. The number of nitrogens with one attached hydrogen (secondary N) is 1. The molecule has 5 rings (SSSR count). The second-order valence-corrected chi connectivity index (χ2v) is 10.6. The number of halogens is 1. The Kier molecular flexibility index (Phi) is 6.69. The number of hydrogen-bond donors (Lipinski definition) is 2. The first-order valence-corrected chi connectivity index (χ1v) is 13.3. The first kappa shape index (κ1) is 25.2. The third kappa shape index (κ3) is 5.14. The van der Waals surface area contributed by atoms with E-state index in [0.717, 1.165) is 27.6 Å². The van der Waals surface area contributed by atoms with Crippen molar-refractivity contribution in [1.29, 1.82) is 0 Å². The van der Waals surface area contributed by atoms with Gasteiger partial charge in [0.2, 0.25) is 5.88 Å². The molecule has 0 saturated heterocycles. The van der Waals surface area contributed by atoms with Crippen molar-refractivity contribution >= 4 is 32.4 Å². The van der Waals surface area contributed by atoms with Crippen LogP contribution in [-0.4, -0.2) is 25.5 Å². The van der Waals surface area contributed by atoms with E-state index >= 15 is 0 Å². The Morgan fingerprint density at radius 1 is 0.974 bits per heavy atom. The van der Waals surface area contributed by atoms with Gasteiger partial charge in [-0.3, -0.25) is 4.72 Å². The van der Waals surface area contributed by atoms with Crippen molar-refractivity contribution in [2.75, 3.05) is 17.6 Å². The van der Waals surface area contributed by atoms with Crippen molar-refractivity contribution in [3.05, 3.63) is 108 Å². The minimum atomic E-state index is -4.24. The maximum atomic E-state index is 14.4. The van der Waals surface area contributed by atoms with Crippen molar-refractivity contribution < 1.29 is 17.5 Å². The molecule has 0 aliphatic rings. The van der Waals surface area contributed by atoms with Crippen molar-refractivity contribution in [1.82, 2.24) is 9.97 Å². The molecule has 192 valence electrons. The van der Waals surface area contributed by atoms with Crippen LogP contribution in [0.3, 0.4) is 0 Å². The second-order valence-electron chi connectivity index (χ2n) is 8.92. The smallest absolute Gasteiger partial charge is 0.264 e. The van der Waals surface area contributed by atoms with Crippen molar-refractivity contribution in [2.45, 2.75) is 18.2 Å². The number of nitrogens with two attached hydrogens (primary N) is 1. The van der Waals surface area contributed by atoms with E-state index in [1.54, 1.807) is 19.2 Å². The highest BCUT2D eigenvalue weighted by Gasteiger charge is 2.22. The molecule has 0 atom stereocenters. The molecular weight excluding hydrogens is 503 g/mol. The molecule has 3 aromatic carbocycles. The minimum Gasteiger partial charge on any atom is -0.480 e. The van der Waals surface area contributed by atoms with Crippen LogP contribution in [0.4, 0.5) is 15.9 Å². The number of hydrogen-bond acceptors (Lipinski definition) is 6. The Hall–Kier alpha value is -4.50.